The summed E-state index contributed by atoms with van der Waals surface area (Å²) in [6.45, 7) is 0.483. The van der Waals surface area contributed by atoms with E-state index in [9.17, 15) is 9.59 Å². The maximum atomic E-state index is 13.5. The zero-order valence-electron chi connectivity index (χ0n) is 18.6. The fourth-order valence-electron chi connectivity index (χ4n) is 4.68. The van der Waals surface area contributed by atoms with Crippen molar-refractivity contribution in [1.29, 1.82) is 0 Å². The standard InChI is InChI=1S/C25H35ClN2O3/c1-31-22-14-8-11-20(17-22)24(25(30)27-21-12-6-3-7-13-21)28(23(29)18-26)16-15-19-9-4-2-5-10-19/h8-9,11,14,17,21,24H,2-7,10,12-13,15-16,18H2,1H3,(H,27,30). The van der Waals surface area contributed by atoms with Crippen LogP contribution in [0.2, 0.25) is 0 Å². The van der Waals surface area contributed by atoms with E-state index in [2.05, 4.69) is 11.4 Å². The summed E-state index contributed by atoms with van der Waals surface area (Å²) in [5.74, 6) is 0.179. The lowest BCUT2D eigenvalue weighted by Crippen LogP contribution is -2.47. The predicted molar refractivity (Wildman–Crippen MR) is 124 cm³/mol. The smallest absolute Gasteiger partial charge is 0.247 e. The summed E-state index contributed by atoms with van der Waals surface area (Å²) in [6.07, 6.45) is 13.1. The molecule has 170 valence electrons. The Labute approximate surface area is 191 Å². The van der Waals surface area contributed by atoms with Crippen molar-refractivity contribution in [2.24, 2.45) is 0 Å². The molecular formula is C25H35ClN2O3. The van der Waals surface area contributed by atoms with Crippen molar-refractivity contribution >= 4 is 23.4 Å². The van der Waals surface area contributed by atoms with Crippen molar-refractivity contribution in [1.82, 2.24) is 10.2 Å². The first-order valence-electron chi connectivity index (χ1n) is 11.6. The van der Waals surface area contributed by atoms with Gasteiger partial charge < -0.3 is 15.0 Å². The Morgan fingerprint density at radius 1 is 1.19 bits per heavy atom. The monoisotopic (exact) mass is 446 g/mol. The minimum absolute atomic E-state index is 0.128. The number of nitrogens with one attached hydrogen (secondary N) is 1. The minimum atomic E-state index is -0.715. The molecule has 1 N–H and O–H groups in total. The molecule has 0 aromatic heterocycles. The van der Waals surface area contributed by atoms with Gasteiger partial charge in [-0.15, -0.1) is 11.6 Å². The van der Waals surface area contributed by atoms with Crippen molar-refractivity contribution < 1.29 is 14.3 Å². The number of benzene rings is 1. The quantitative estimate of drug-likeness (QED) is 0.422. The molecule has 2 aliphatic rings. The van der Waals surface area contributed by atoms with Gasteiger partial charge in [-0.3, -0.25) is 9.59 Å². The number of alkyl halides is 1. The first-order chi connectivity index (χ1) is 15.1. The van der Waals surface area contributed by atoms with Gasteiger partial charge >= 0.3 is 0 Å². The molecule has 1 saturated carbocycles. The lowest BCUT2D eigenvalue weighted by Gasteiger charge is -2.33. The number of ether oxygens (including phenoxy) is 1. The van der Waals surface area contributed by atoms with Crippen LogP contribution in [0.3, 0.4) is 0 Å². The second-order valence-corrected chi connectivity index (χ2v) is 8.87. The Morgan fingerprint density at radius 3 is 2.68 bits per heavy atom. The number of hydrogen-bond acceptors (Lipinski definition) is 3. The first kappa shape index (κ1) is 23.6. The number of nitrogens with zero attached hydrogens (tertiary/aromatic N) is 1. The van der Waals surface area contributed by atoms with Crippen molar-refractivity contribution in [3.05, 3.63) is 41.5 Å². The van der Waals surface area contributed by atoms with E-state index < -0.39 is 6.04 Å². The number of amides is 2. The first-order valence-corrected chi connectivity index (χ1v) is 12.1. The van der Waals surface area contributed by atoms with Crippen LogP contribution in [0.5, 0.6) is 5.75 Å². The van der Waals surface area contributed by atoms with Gasteiger partial charge in [-0.1, -0.05) is 43.0 Å². The van der Waals surface area contributed by atoms with E-state index in [4.69, 9.17) is 16.3 Å². The molecule has 0 radical (unpaired) electrons. The lowest BCUT2D eigenvalue weighted by molar-refractivity contribution is -0.139. The van der Waals surface area contributed by atoms with Crippen molar-refractivity contribution in [2.45, 2.75) is 76.3 Å². The van der Waals surface area contributed by atoms with Crippen molar-refractivity contribution in [2.75, 3.05) is 19.5 Å². The summed E-state index contributed by atoms with van der Waals surface area (Å²) in [5.41, 5.74) is 2.12. The molecule has 0 aliphatic heterocycles. The van der Waals surface area contributed by atoms with Crippen LogP contribution in [0.25, 0.3) is 0 Å². The molecule has 1 atom stereocenters. The van der Waals surface area contributed by atoms with Crippen LogP contribution in [0.1, 0.15) is 75.8 Å². The molecule has 1 aromatic rings. The third-order valence-electron chi connectivity index (χ3n) is 6.41. The van der Waals surface area contributed by atoms with Crippen LogP contribution in [-0.2, 0) is 9.59 Å². The molecule has 0 bridgehead atoms. The molecule has 1 fully saturated rings. The topological polar surface area (TPSA) is 58.6 Å². The second-order valence-electron chi connectivity index (χ2n) is 8.60. The van der Waals surface area contributed by atoms with Gasteiger partial charge in [0.2, 0.25) is 11.8 Å². The highest BCUT2D eigenvalue weighted by atomic mass is 35.5. The number of rotatable bonds is 9. The molecule has 1 aromatic carbocycles. The predicted octanol–water partition coefficient (Wildman–Crippen LogP) is 5.14. The largest absolute Gasteiger partial charge is 0.497 e. The summed E-state index contributed by atoms with van der Waals surface area (Å²) >= 11 is 5.99. The van der Waals surface area contributed by atoms with Gasteiger partial charge in [0, 0.05) is 12.6 Å². The fraction of sp³-hybridized carbons (Fsp3) is 0.600. The Hall–Kier alpha value is -2.01. The Bertz CT molecular complexity index is 774. The second kappa shape index (κ2) is 12.1. The summed E-state index contributed by atoms with van der Waals surface area (Å²) < 4.78 is 5.39. The van der Waals surface area contributed by atoms with E-state index in [1.165, 1.54) is 24.8 Å². The van der Waals surface area contributed by atoms with Gasteiger partial charge in [0.1, 0.15) is 17.7 Å². The summed E-state index contributed by atoms with van der Waals surface area (Å²) in [7, 11) is 1.60. The maximum absolute atomic E-state index is 13.5. The summed E-state index contributed by atoms with van der Waals surface area (Å²) in [6, 6.07) is 6.90. The molecular weight excluding hydrogens is 412 g/mol. The highest BCUT2D eigenvalue weighted by Crippen LogP contribution is 2.28. The number of hydrogen-bond donors (Lipinski definition) is 1. The fourth-order valence-corrected chi connectivity index (χ4v) is 4.84. The molecule has 31 heavy (non-hydrogen) atoms. The van der Waals surface area contributed by atoms with Crippen LogP contribution in [0.15, 0.2) is 35.9 Å². The normalized spacial score (nSPS) is 18.1. The zero-order valence-corrected chi connectivity index (χ0v) is 19.3. The molecule has 2 aliphatic carbocycles. The lowest BCUT2D eigenvalue weighted by atomic mass is 9.94. The highest BCUT2D eigenvalue weighted by Gasteiger charge is 2.32. The van der Waals surface area contributed by atoms with Gasteiger partial charge in [0.15, 0.2) is 0 Å². The Morgan fingerprint density at radius 2 is 2.00 bits per heavy atom. The molecule has 3 rings (SSSR count). The zero-order chi connectivity index (χ0) is 22.1. The SMILES string of the molecule is COc1cccc(C(C(=O)NC2CCCCC2)N(CCC2=CCCCC2)C(=O)CCl)c1. The third-order valence-corrected chi connectivity index (χ3v) is 6.64. The van der Waals surface area contributed by atoms with E-state index in [-0.39, 0.29) is 23.7 Å². The molecule has 0 spiro atoms. The number of methoxy groups -OCH3 is 1. The molecule has 1 unspecified atom stereocenters. The van der Waals surface area contributed by atoms with Gasteiger partial charge in [-0.25, -0.2) is 0 Å². The number of carbonyl (C=O) groups excluding carboxylic acids is 2. The van der Waals surface area contributed by atoms with Crippen LogP contribution in [-0.4, -0.2) is 42.3 Å². The van der Waals surface area contributed by atoms with Crippen LogP contribution >= 0.6 is 11.6 Å². The molecule has 5 nitrogen and oxygen atoms in total. The van der Waals surface area contributed by atoms with Gasteiger partial charge in [0.05, 0.1) is 7.11 Å². The molecule has 0 heterocycles. The Kier molecular flexibility index (Phi) is 9.26. The van der Waals surface area contributed by atoms with Gasteiger partial charge in [-0.05, 0) is 62.6 Å². The molecule has 2 amide bonds. The molecule has 0 saturated heterocycles. The van der Waals surface area contributed by atoms with Crippen LogP contribution in [0, 0.1) is 0 Å². The van der Waals surface area contributed by atoms with Crippen molar-refractivity contribution in [3.8, 4) is 5.75 Å². The van der Waals surface area contributed by atoms with E-state index in [1.54, 1.807) is 12.0 Å². The third kappa shape index (κ3) is 6.73. The average Bonchev–Trinajstić information content (AvgIpc) is 2.82. The van der Waals surface area contributed by atoms with E-state index in [0.717, 1.165) is 50.5 Å². The van der Waals surface area contributed by atoms with Crippen molar-refractivity contribution in [3.63, 3.8) is 0 Å². The Balaban J connectivity index is 1.86. The van der Waals surface area contributed by atoms with Gasteiger partial charge in [-0.2, -0.15) is 0 Å². The average molecular weight is 447 g/mol. The van der Waals surface area contributed by atoms with E-state index in [1.807, 2.05) is 24.3 Å². The number of halogens is 1. The minimum Gasteiger partial charge on any atom is -0.497 e. The van der Waals surface area contributed by atoms with E-state index in [0.29, 0.717) is 12.3 Å². The number of allylic oxidation sites excluding steroid dienone is 1. The molecule has 6 heteroatoms. The summed E-state index contributed by atoms with van der Waals surface area (Å²) in [4.78, 5) is 28.1. The van der Waals surface area contributed by atoms with E-state index >= 15 is 0 Å². The van der Waals surface area contributed by atoms with Crippen LogP contribution < -0.4 is 10.1 Å². The maximum Gasteiger partial charge on any atom is 0.247 e. The van der Waals surface area contributed by atoms with Crippen LogP contribution in [0.4, 0.5) is 0 Å². The number of carbonyl (C=O) groups is 2. The van der Waals surface area contributed by atoms with Gasteiger partial charge in [0.25, 0.3) is 0 Å². The summed E-state index contributed by atoms with van der Waals surface area (Å²) in [5, 5.41) is 3.22. The highest BCUT2D eigenvalue weighted by molar-refractivity contribution is 6.27.